The van der Waals surface area contributed by atoms with Crippen molar-refractivity contribution in [2.24, 2.45) is 0 Å². The van der Waals surface area contributed by atoms with Crippen molar-refractivity contribution in [3.8, 4) is 11.1 Å². The summed E-state index contributed by atoms with van der Waals surface area (Å²) in [5.41, 5.74) is 4.95. The van der Waals surface area contributed by atoms with E-state index in [1.54, 1.807) is 12.1 Å². The highest BCUT2D eigenvalue weighted by molar-refractivity contribution is 6.13. The number of hydrogen-bond acceptors (Lipinski definition) is 2. The molecule has 4 rings (SSSR count). The highest BCUT2D eigenvalue weighted by atomic mass is 16.2. The highest BCUT2D eigenvalue weighted by Crippen LogP contribution is 2.32. The van der Waals surface area contributed by atoms with E-state index in [1.807, 2.05) is 67.6 Å². The first-order valence-electron chi connectivity index (χ1n) is 8.25. The molecule has 1 aliphatic heterocycles. The number of benzene rings is 3. The topological polar surface area (TPSA) is 37.4 Å². The number of amides is 2. The van der Waals surface area contributed by atoms with E-state index in [-0.39, 0.29) is 18.4 Å². The van der Waals surface area contributed by atoms with Gasteiger partial charge in [-0.1, -0.05) is 60.2 Å². The second kappa shape index (κ2) is 6.02. The molecule has 0 bridgehead atoms. The van der Waals surface area contributed by atoms with E-state index < -0.39 is 0 Å². The summed E-state index contributed by atoms with van der Waals surface area (Å²) < 4.78 is 0. The maximum atomic E-state index is 13.1. The standard InChI is InChI=1S/C22H17NO2/c1-15-7-6-9-16(13-15)21(24)23-14-17-8-2-3-10-18(17)19-11-4-5-12-20(19)22(23)25/h2-13H,14H2,1H3. The lowest BCUT2D eigenvalue weighted by Gasteiger charge is -2.20. The number of carbonyl (C=O) groups is 2. The first-order valence-corrected chi connectivity index (χ1v) is 8.25. The van der Waals surface area contributed by atoms with Crippen LogP contribution >= 0.6 is 0 Å². The van der Waals surface area contributed by atoms with Crippen LogP contribution in [0.25, 0.3) is 11.1 Å². The third-order valence-electron chi connectivity index (χ3n) is 4.55. The van der Waals surface area contributed by atoms with Crippen molar-refractivity contribution in [3.05, 3.63) is 95.1 Å². The fourth-order valence-corrected chi connectivity index (χ4v) is 3.31. The number of rotatable bonds is 1. The lowest BCUT2D eigenvalue weighted by molar-refractivity contribution is 0.0606. The van der Waals surface area contributed by atoms with Crippen molar-refractivity contribution in [2.75, 3.05) is 0 Å². The van der Waals surface area contributed by atoms with Gasteiger partial charge in [-0.2, -0.15) is 0 Å². The number of nitrogens with zero attached hydrogens (tertiary/aromatic N) is 1. The Labute approximate surface area is 146 Å². The van der Waals surface area contributed by atoms with Crippen molar-refractivity contribution in [2.45, 2.75) is 13.5 Å². The van der Waals surface area contributed by atoms with Crippen molar-refractivity contribution in [1.29, 1.82) is 0 Å². The summed E-state index contributed by atoms with van der Waals surface area (Å²) in [6.45, 7) is 2.21. The highest BCUT2D eigenvalue weighted by Gasteiger charge is 2.30. The van der Waals surface area contributed by atoms with Crippen LogP contribution in [0.4, 0.5) is 0 Å². The van der Waals surface area contributed by atoms with Gasteiger partial charge in [0.25, 0.3) is 11.8 Å². The maximum absolute atomic E-state index is 13.1. The lowest BCUT2D eigenvalue weighted by Crippen LogP contribution is -2.35. The van der Waals surface area contributed by atoms with Gasteiger partial charge in [0, 0.05) is 11.1 Å². The van der Waals surface area contributed by atoms with Crippen LogP contribution in [0.15, 0.2) is 72.8 Å². The van der Waals surface area contributed by atoms with E-state index in [1.165, 1.54) is 4.90 Å². The quantitative estimate of drug-likeness (QED) is 0.619. The Hall–Kier alpha value is -3.20. The minimum atomic E-state index is -0.264. The van der Waals surface area contributed by atoms with Crippen LogP contribution in [0.1, 0.15) is 31.8 Å². The Kier molecular flexibility index (Phi) is 3.69. The molecule has 0 fully saturated rings. The molecule has 0 unspecified atom stereocenters. The summed E-state index contributed by atoms with van der Waals surface area (Å²) >= 11 is 0. The predicted octanol–water partition coefficient (Wildman–Crippen LogP) is 4.46. The Morgan fingerprint density at radius 3 is 2.28 bits per heavy atom. The van der Waals surface area contributed by atoms with Gasteiger partial charge in [0.05, 0.1) is 6.54 Å². The molecule has 0 aliphatic carbocycles. The van der Waals surface area contributed by atoms with Gasteiger partial charge in [0.2, 0.25) is 0 Å². The monoisotopic (exact) mass is 327 g/mol. The van der Waals surface area contributed by atoms with Crippen LogP contribution in [0.2, 0.25) is 0 Å². The van der Waals surface area contributed by atoms with Crippen molar-refractivity contribution in [3.63, 3.8) is 0 Å². The minimum Gasteiger partial charge on any atom is -0.270 e. The average molecular weight is 327 g/mol. The fraction of sp³-hybridized carbons (Fsp3) is 0.0909. The Morgan fingerprint density at radius 2 is 1.52 bits per heavy atom. The number of carbonyl (C=O) groups excluding carboxylic acids is 2. The fourth-order valence-electron chi connectivity index (χ4n) is 3.31. The second-order valence-corrected chi connectivity index (χ2v) is 6.27. The van der Waals surface area contributed by atoms with Gasteiger partial charge in [-0.05, 0) is 41.8 Å². The summed E-state index contributed by atoms with van der Waals surface area (Å²) in [5.74, 6) is -0.515. The van der Waals surface area contributed by atoms with E-state index in [0.29, 0.717) is 11.1 Å². The number of fused-ring (bicyclic) bond motifs is 3. The van der Waals surface area contributed by atoms with Gasteiger partial charge < -0.3 is 0 Å². The molecule has 0 aromatic heterocycles. The third-order valence-corrected chi connectivity index (χ3v) is 4.55. The van der Waals surface area contributed by atoms with Gasteiger partial charge >= 0.3 is 0 Å². The maximum Gasteiger partial charge on any atom is 0.261 e. The summed E-state index contributed by atoms with van der Waals surface area (Å²) in [6.07, 6.45) is 0. The number of hydrogen-bond donors (Lipinski definition) is 0. The molecule has 25 heavy (non-hydrogen) atoms. The summed E-state index contributed by atoms with van der Waals surface area (Å²) in [5, 5.41) is 0. The van der Waals surface area contributed by atoms with E-state index >= 15 is 0 Å². The molecule has 0 atom stereocenters. The summed E-state index contributed by atoms with van der Waals surface area (Å²) in [6, 6.07) is 22.7. The van der Waals surface area contributed by atoms with Crippen LogP contribution in [0.3, 0.4) is 0 Å². The largest absolute Gasteiger partial charge is 0.270 e. The molecule has 2 amide bonds. The van der Waals surface area contributed by atoms with Crippen molar-refractivity contribution < 1.29 is 9.59 Å². The summed E-state index contributed by atoms with van der Waals surface area (Å²) in [7, 11) is 0. The molecule has 0 spiro atoms. The molecule has 0 saturated carbocycles. The molecule has 3 heteroatoms. The zero-order chi connectivity index (χ0) is 17.4. The molecule has 1 heterocycles. The van der Waals surface area contributed by atoms with Crippen molar-refractivity contribution >= 4 is 11.8 Å². The Bertz CT molecular complexity index is 991. The Morgan fingerprint density at radius 1 is 0.840 bits per heavy atom. The average Bonchev–Trinajstić information content (AvgIpc) is 2.77. The zero-order valence-corrected chi connectivity index (χ0v) is 13.9. The zero-order valence-electron chi connectivity index (χ0n) is 13.9. The number of imide groups is 1. The molecule has 3 nitrogen and oxygen atoms in total. The van der Waals surface area contributed by atoms with Crippen LogP contribution in [0.5, 0.6) is 0 Å². The minimum absolute atomic E-state index is 0.252. The molecule has 3 aromatic rings. The van der Waals surface area contributed by atoms with E-state index in [9.17, 15) is 9.59 Å². The van der Waals surface area contributed by atoms with Gasteiger partial charge in [-0.3, -0.25) is 14.5 Å². The molecule has 0 radical (unpaired) electrons. The van der Waals surface area contributed by atoms with Crippen LogP contribution in [0, 0.1) is 6.92 Å². The second-order valence-electron chi connectivity index (χ2n) is 6.27. The predicted molar refractivity (Wildman–Crippen MR) is 97.3 cm³/mol. The molecular weight excluding hydrogens is 310 g/mol. The van der Waals surface area contributed by atoms with Gasteiger partial charge in [0.1, 0.15) is 0 Å². The van der Waals surface area contributed by atoms with Gasteiger partial charge in [-0.25, -0.2) is 0 Å². The molecule has 0 saturated heterocycles. The smallest absolute Gasteiger partial charge is 0.261 e. The van der Waals surface area contributed by atoms with Gasteiger partial charge in [0.15, 0.2) is 0 Å². The first kappa shape index (κ1) is 15.3. The summed E-state index contributed by atoms with van der Waals surface area (Å²) in [4.78, 5) is 27.5. The molecule has 3 aromatic carbocycles. The molecule has 122 valence electrons. The van der Waals surface area contributed by atoms with Crippen LogP contribution in [-0.2, 0) is 6.54 Å². The van der Waals surface area contributed by atoms with Crippen LogP contribution < -0.4 is 0 Å². The number of aryl methyl sites for hydroxylation is 1. The molecular formula is C22H17NO2. The van der Waals surface area contributed by atoms with Crippen molar-refractivity contribution in [1.82, 2.24) is 4.90 Å². The third kappa shape index (κ3) is 2.64. The first-order chi connectivity index (χ1) is 12.1. The molecule has 0 N–H and O–H groups in total. The van der Waals surface area contributed by atoms with E-state index in [0.717, 1.165) is 22.3 Å². The normalized spacial score (nSPS) is 13.0. The SMILES string of the molecule is Cc1cccc(C(=O)N2Cc3ccccc3-c3ccccc3C2=O)c1. The molecule has 1 aliphatic rings. The van der Waals surface area contributed by atoms with Crippen LogP contribution in [-0.4, -0.2) is 16.7 Å². The van der Waals surface area contributed by atoms with E-state index in [2.05, 4.69) is 0 Å². The van der Waals surface area contributed by atoms with Gasteiger partial charge in [-0.15, -0.1) is 0 Å². The van der Waals surface area contributed by atoms with E-state index in [4.69, 9.17) is 0 Å². The lowest BCUT2D eigenvalue weighted by atomic mass is 9.97. The Balaban J connectivity index is 1.86.